The molecule has 132 valence electrons. The second kappa shape index (κ2) is 9.08. The lowest BCUT2D eigenvalue weighted by Gasteiger charge is -2.18. The molecule has 0 saturated heterocycles. The van der Waals surface area contributed by atoms with Crippen LogP contribution in [0, 0.1) is 0 Å². The fourth-order valence-electron chi connectivity index (χ4n) is 2.24. The van der Waals surface area contributed by atoms with Crippen LogP contribution >= 0.6 is 11.8 Å². The third-order valence-corrected chi connectivity index (χ3v) is 4.56. The van der Waals surface area contributed by atoms with Gasteiger partial charge >= 0.3 is 0 Å². The molecule has 7 heteroatoms. The van der Waals surface area contributed by atoms with Crippen molar-refractivity contribution in [3.8, 4) is 17.1 Å². The number of amides is 1. The highest BCUT2D eigenvalue weighted by atomic mass is 32.2. The van der Waals surface area contributed by atoms with E-state index in [1.165, 1.54) is 11.8 Å². The average Bonchev–Trinajstić information content (AvgIpc) is 3.00. The van der Waals surface area contributed by atoms with E-state index < -0.39 is 0 Å². The van der Waals surface area contributed by atoms with Crippen LogP contribution in [-0.2, 0) is 11.8 Å². The predicted molar refractivity (Wildman–Crippen MR) is 101 cm³/mol. The number of aromatic nitrogens is 3. The number of carbonyl (C=O) groups is 1. The average molecular weight is 358 g/mol. The summed E-state index contributed by atoms with van der Waals surface area (Å²) in [5.41, 5.74) is 0.939. The molecular formula is C18H22N4O2S. The van der Waals surface area contributed by atoms with E-state index in [-0.39, 0.29) is 11.7 Å². The molecule has 1 heterocycles. The van der Waals surface area contributed by atoms with Gasteiger partial charge in [-0.15, -0.1) is 23.4 Å². The monoisotopic (exact) mass is 358 g/mol. The molecule has 0 fully saturated rings. The third-order valence-electron chi connectivity index (χ3n) is 3.56. The molecule has 0 N–H and O–H groups in total. The van der Waals surface area contributed by atoms with Crippen molar-refractivity contribution in [1.82, 2.24) is 19.7 Å². The summed E-state index contributed by atoms with van der Waals surface area (Å²) in [4.78, 5) is 14.0. The fraction of sp³-hybridized carbons (Fsp3) is 0.278. The number of carbonyl (C=O) groups excluding carboxylic acids is 1. The smallest absolute Gasteiger partial charge is 0.233 e. The molecule has 1 aromatic carbocycles. The third kappa shape index (κ3) is 4.73. The molecule has 2 aromatic rings. The van der Waals surface area contributed by atoms with E-state index in [0.29, 0.717) is 18.2 Å². The van der Waals surface area contributed by atoms with Crippen molar-refractivity contribution < 1.29 is 9.53 Å². The summed E-state index contributed by atoms with van der Waals surface area (Å²) < 4.78 is 7.04. The van der Waals surface area contributed by atoms with Gasteiger partial charge in [-0.25, -0.2) is 0 Å². The topological polar surface area (TPSA) is 60.3 Å². The lowest BCUT2D eigenvalue weighted by atomic mass is 10.2. The zero-order valence-electron chi connectivity index (χ0n) is 14.5. The van der Waals surface area contributed by atoms with E-state index in [4.69, 9.17) is 4.74 Å². The summed E-state index contributed by atoms with van der Waals surface area (Å²) in [6.45, 7) is 8.36. The van der Waals surface area contributed by atoms with Gasteiger partial charge in [-0.3, -0.25) is 4.79 Å². The molecule has 0 atom stereocenters. The van der Waals surface area contributed by atoms with Crippen LogP contribution in [0.2, 0.25) is 0 Å². The maximum absolute atomic E-state index is 12.3. The van der Waals surface area contributed by atoms with E-state index in [1.807, 2.05) is 35.9 Å². The SMILES string of the molecule is C=CCN(CC=C)C(=O)CSc1nnc(-c2ccc(OC)cc2)n1C. The van der Waals surface area contributed by atoms with Crippen molar-refractivity contribution in [3.63, 3.8) is 0 Å². The standard InChI is InChI=1S/C18H22N4O2S/c1-5-11-22(12-6-2)16(23)13-25-18-20-19-17(21(18)3)14-7-9-15(24-4)10-8-14/h5-10H,1-2,11-13H2,3-4H3. The highest BCUT2D eigenvalue weighted by Gasteiger charge is 2.15. The maximum atomic E-state index is 12.3. The first-order chi connectivity index (χ1) is 12.1. The number of ether oxygens (including phenoxy) is 1. The molecule has 0 spiro atoms. The van der Waals surface area contributed by atoms with Crippen molar-refractivity contribution in [2.75, 3.05) is 26.0 Å². The van der Waals surface area contributed by atoms with Gasteiger partial charge in [0.05, 0.1) is 12.9 Å². The van der Waals surface area contributed by atoms with E-state index in [9.17, 15) is 4.79 Å². The van der Waals surface area contributed by atoms with Gasteiger partial charge in [0, 0.05) is 25.7 Å². The molecule has 0 aliphatic carbocycles. The molecule has 0 radical (unpaired) electrons. The fourth-order valence-corrected chi connectivity index (χ4v) is 3.05. The number of nitrogens with zero attached hydrogens (tertiary/aromatic N) is 4. The van der Waals surface area contributed by atoms with Gasteiger partial charge in [0.25, 0.3) is 0 Å². The number of hydrogen-bond donors (Lipinski definition) is 0. The predicted octanol–water partition coefficient (Wildman–Crippen LogP) is 2.78. The lowest BCUT2D eigenvalue weighted by Crippen LogP contribution is -2.32. The molecular weight excluding hydrogens is 336 g/mol. The van der Waals surface area contributed by atoms with Crippen molar-refractivity contribution in [2.24, 2.45) is 7.05 Å². The summed E-state index contributed by atoms with van der Waals surface area (Å²) in [5.74, 6) is 1.83. The molecule has 0 bridgehead atoms. The molecule has 25 heavy (non-hydrogen) atoms. The molecule has 1 amide bonds. The number of rotatable bonds is 9. The number of hydrogen-bond acceptors (Lipinski definition) is 5. The largest absolute Gasteiger partial charge is 0.497 e. The second-order valence-electron chi connectivity index (χ2n) is 5.26. The van der Waals surface area contributed by atoms with Crippen molar-refractivity contribution in [3.05, 3.63) is 49.6 Å². The number of thioether (sulfide) groups is 1. The van der Waals surface area contributed by atoms with Gasteiger partial charge in [-0.1, -0.05) is 23.9 Å². The van der Waals surface area contributed by atoms with Gasteiger partial charge in [0.15, 0.2) is 11.0 Å². The highest BCUT2D eigenvalue weighted by molar-refractivity contribution is 7.99. The minimum Gasteiger partial charge on any atom is -0.497 e. The van der Waals surface area contributed by atoms with E-state index >= 15 is 0 Å². The van der Waals surface area contributed by atoms with Crippen molar-refractivity contribution >= 4 is 17.7 Å². The van der Waals surface area contributed by atoms with Crippen LogP contribution < -0.4 is 4.74 Å². The van der Waals surface area contributed by atoms with E-state index in [2.05, 4.69) is 23.4 Å². The van der Waals surface area contributed by atoms with Gasteiger partial charge in [0.2, 0.25) is 5.91 Å². The summed E-state index contributed by atoms with van der Waals surface area (Å²) in [7, 11) is 3.52. The Morgan fingerprint density at radius 2 is 1.88 bits per heavy atom. The molecule has 0 aliphatic heterocycles. The minimum atomic E-state index is 0.0128. The van der Waals surface area contributed by atoms with Crippen LogP contribution in [-0.4, -0.2) is 51.5 Å². The Kier molecular flexibility index (Phi) is 6.82. The van der Waals surface area contributed by atoms with Gasteiger partial charge < -0.3 is 14.2 Å². The highest BCUT2D eigenvalue weighted by Crippen LogP contribution is 2.24. The summed E-state index contributed by atoms with van der Waals surface area (Å²) in [6.07, 6.45) is 3.41. The first kappa shape index (κ1) is 18.8. The second-order valence-corrected chi connectivity index (χ2v) is 6.20. The first-order valence-corrected chi connectivity index (χ1v) is 8.75. The van der Waals surface area contributed by atoms with Gasteiger partial charge in [-0.2, -0.15) is 0 Å². The Labute approximate surface area is 152 Å². The van der Waals surface area contributed by atoms with Gasteiger partial charge in [-0.05, 0) is 24.3 Å². The first-order valence-electron chi connectivity index (χ1n) is 7.76. The van der Waals surface area contributed by atoms with Crippen LogP contribution in [0.25, 0.3) is 11.4 Å². The zero-order chi connectivity index (χ0) is 18.2. The lowest BCUT2D eigenvalue weighted by molar-refractivity contribution is -0.127. The summed E-state index contributed by atoms with van der Waals surface area (Å²) in [5, 5.41) is 9.11. The van der Waals surface area contributed by atoms with Crippen molar-refractivity contribution in [1.29, 1.82) is 0 Å². The molecule has 1 aromatic heterocycles. The van der Waals surface area contributed by atoms with E-state index in [0.717, 1.165) is 17.1 Å². The molecule has 6 nitrogen and oxygen atoms in total. The van der Waals surface area contributed by atoms with Crippen LogP contribution in [0.15, 0.2) is 54.7 Å². The molecule has 0 unspecified atom stereocenters. The number of benzene rings is 1. The Morgan fingerprint density at radius 3 is 2.44 bits per heavy atom. The zero-order valence-corrected chi connectivity index (χ0v) is 15.3. The normalized spacial score (nSPS) is 10.3. The van der Waals surface area contributed by atoms with Crippen LogP contribution in [0.5, 0.6) is 5.75 Å². The Hall–Kier alpha value is -2.54. The Balaban J connectivity index is 2.06. The molecule has 0 saturated carbocycles. The van der Waals surface area contributed by atoms with Crippen LogP contribution in [0.1, 0.15) is 0 Å². The molecule has 0 aliphatic rings. The Bertz CT molecular complexity index is 730. The minimum absolute atomic E-state index is 0.0128. The Morgan fingerprint density at radius 1 is 1.24 bits per heavy atom. The van der Waals surface area contributed by atoms with Crippen LogP contribution in [0.4, 0.5) is 0 Å². The van der Waals surface area contributed by atoms with E-state index in [1.54, 1.807) is 24.2 Å². The molecule has 2 rings (SSSR count). The van der Waals surface area contributed by atoms with Crippen molar-refractivity contribution in [2.45, 2.75) is 5.16 Å². The quantitative estimate of drug-likeness (QED) is 0.510. The maximum Gasteiger partial charge on any atom is 0.233 e. The van der Waals surface area contributed by atoms with Gasteiger partial charge in [0.1, 0.15) is 5.75 Å². The summed E-state index contributed by atoms with van der Waals surface area (Å²) >= 11 is 1.36. The number of methoxy groups -OCH3 is 1. The van der Waals surface area contributed by atoms with Crippen LogP contribution in [0.3, 0.4) is 0 Å². The summed E-state index contributed by atoms with van der Waals surface area (Å²) in [6, 6.07) is 7.61.